The van der Waals surface area contributed by atoms with E-state index in [4.69, 9.17) is 0 Å². The Kier molecular flexibility index (Phi) is 4.42. The van der Waals surface area contributed by atoms with Crippen LogP contribution in [0, 0.1) is 5.92 Å². The van der Waals surface area contributed by atoms with Crippen molar-refractivity contribution in [2.75, 3.05) is 53.9 Å². The van der Waals surface area contributed by atoms with Crippen molar-refractivity contribution in [2.24, 2.45) is 5.92 Å². The fourth-order valence-corrected chi connectivity index (χ4v) is 2.86. The number of hydrogen-bond acceptors (Lipinski definition) is 4. The number of carbonyl (C=O) groups is 2. The highest BCUT2D eigenvalue weighted by Crippen LogP contribution is 2.19. The molecule has 6 nitrogen and oxygen atoms in total. The molecule has 0 aromatic heterocycles. The molecule has 1 N–H and O–H groups in total. The van der Waals surface area contributed by atoms with Crippen LogP contribution in [0.4, 0.5) is 0 Å². The molecule has 2 aliphatic heterocycles. The third-order valence-electron chi connectivity index (χ3n) is 3.99. The summed E-state index contributed by atoms with van der Waals surface area (Å²) in [4.78, 5) is 30.3. The summed E-state index contributed by atoms with van der Waals surface area (Å²) >= 11 is 0. The first-order valence-electron chi connectivity index (χ1n) is 6.91. The minimum absolute atomic E-state index is 0.00639. The van der Waals surface area contributed by atoms with Gasteiger partial charge in [-0.15, -0.1) is 0 Å². The molecular formula is C13H24N4O2. The van der Waals surface area contributed by atoms with Crippen molar-refractivity contribution in [3.8, 4) is 0 Å². The first kappa shape index (κ1) is 14.3. The van der Waals surface area contributed by atoms with Gasteiger partial charge in [-0.25, -0.2) is 0 Å². The van der Waals surface area contributed by atoms with Crippen molar-refractivity contribution in [1.82, 2.24) is 20.0 Å². The number of rotatable bonds is 2. The Balaban J connectivity index is 2.06. The normalized spacial score (nSPS) is 28.5. The highest BCUT2D eigenvalue weighted by atomic mass is 16.2. The van der Waals surface area contributed by atoms with Crippen molar-refractivity contribution in [2.45, 2.75) is 12.5 Å². The molecule has 2 saturated heterocycles. The number of nitrogens with zero attached hydrogens (tertiary/aromatic N) is 3. The summed E-state index contributed by atoms with van der Waals surface area (Å²) in [5.41, 5.74) is 0. The monoisotopic (exact) mass is 268 g/mol. The van der Waals surface area contributed by atoms with E-state index in [2.05, 4.69) is 10.2 Å². The zero-order valence-electron chi connectivity index (χ0n) is 12.1. The van der Waals surface area contributed by atoms with Crippen LogP contribution in [0.3, 0.4) is 0 Å². The molecule has 0 aromatic rings. The van der Waals surface area contributed by atoms with E-state index in [1.165, 1.54) is 0 Å². The summed E-state index contributed by atoms with van der Waals surface area (Å²) in [6.45, 7) is 3.74. The Hall–Kier alpha value is -1.14. The summed E-state index contributed by atoms with van der Waals surface area (Å²) < 4.78 is 0. The number of likely N-dealkylation sites (N-methyl/N-ethyl adjacent to an activating group) is 1. The predicted octanol–water partition coefficient (Wildman–Crippen LogP) is -1.17. The average molecular weight is 268 g/mol. The van der Waals surface area contributed by atoms with Crippen molar-refractivity contribution in [3.63, 3.8) is 0 Å². The van der Waals surface area contributed by atoms with Gasteiger partial charge in [0.1, 0.15) is 6.04 Å². The molecule has 0 radical (unpaired) electrons. The lowest BCUT2D eigenvalue weighted by Gasteiger charge is -2.37. The maximum Gasteiger partial charge on any atom is 0.246 e. The molecule has 2 unspecified atom stereocenters. The molecule has 6 heteroatoms. The van der Waals surface area contributed by atoms with Gasteiger partial charge in [-0.2, -0.15) is 0 Å². The molecule has 0 aliphatic carbocycles. The van der Waals surface area contributed by atoms with Gasteiger partial charge >= 0.3 is 0 Å². The molecule has 2 heterocycles. The van der Waals surface area contributed by atoms with Gasteiger partial charge in [0.25, 0.3) is 0 Å². The van der Waals surface area contributed by atoms with E-state index in [-0.39, 0.29) is 23.8 Å². The highest BCUT2D eigenvalue weighted by Gasteiger charge is 2.37. The van der Waals surface area contributed by atoms with Crippen LogP contribution in [0.2, 0.25) is 0 Å². The van der Waals surface area contributed by atoms with Crippen LogP contribution in [0.15, 0.2) is 0 Å². The van der Waals surface area contributed by atoms with E-state index in [0.29, 0.717) is 13.1 Å². The molecule has 0 saturated carbocycles. The molecule has 0 spiro atoms. The zero-order chi connectivity index (χ0) is 14.0. The standard InChI is InChI=1S/C13H24N4O2/c1-15(2)13(19)11-8-14-5-7-17(11)12(18)10-4-6-16(3)9-10/h10-11,14H,4-9H2,1-3H3. The molecule has 2 aliphatic rings. The van der Waals surface area contributed by atoms with Gasteiger partial charge in [-0.3, -0.25) is 9.59 Å². The van der Waals surface area contributed by atoms with Crippen LogP contribution < -0.4 is 5.32 Å². The summed E-state index contributed by atoms with van der Waals surface area (Å²) in [6.07, 6.45) is 0.905. The summed E-state index contributed by atoms with van der Waals surface area (Å²) in [5, 5.41) is 3.20. The minimum atomic E-state index is -0.345. The molecule has 2 rings (SSSR count). The Morgan fingerprint density at radius 2 is 2.00 bits per heavy atom. The highest BCUT2D eigenvalue weighted by molar-refractivity contribution is 5.89. The van der Waals surface area contributed by atoms with Crippen LogP contribution in [0.25, 0.3) is 0 Å². The topological polar surface area (TPSA) is 55.9 Å². The number of nitrogens with one attached hydrogen (secondary N) is 1. The van der Waals surface area contributed by atoms with Gasteiger partial charge in [0.05, 0.1) is 5.92 Å². The molecule has 0 bridgehead atoms. The number of carbonyl (C=O) groups excluding carboxylic acids is 2. The molecule has 2 atom stereocenters. The van der Waals surface area contributed by atoms with Crippen molar-refractivity contribution in [1.29, 1.82) is 0 Å². The van der Waals surface area contributed by atoms with Crippen LogP contribution >= 0.6 is 0 Å². The van der Waals surface area contributed by atoms with Crippen LogP contribution in [0.1, 0.15) is 6.42 Å². The third kappa shape index (κ3) is 3.06. The maximum absolute atomic E-state index is 12.6. The third-order valence-corrected chi connectivity index (χ3v) is 3.99. The number of likely N-dealkylation sites (tertiary alicyclic amines) is 1. The number of hydrogen-bond donors (Lipinski definition) is 1. The lowest BCUT2D eigenvalue weighted by molar-refractivity contribution is -0.147. The molecule has 0 aromatic carbocycles. The smallest absolute Gasteiger partial charge is 0.246 e. The SMILES string of the molecule is CN1CCC(C(=O)N2CCNCC2C(=O)N(C)C)C1. The van der Waals surface area contributed by atoms with E-state index in [0.717, 1.165) is 26.1 Å². The first-order chi connectivity index (χ1) is 9.00. The zero-order valence-corrected chi connectivity index (χ0v) is 12.1. The van der Waals surface area contributed by atoms with Crippen LogP contribution in [-0.2, 0) is 9.59 Å². The van der Waals surface area contributed by atoms with Crippen molar-refractivity contribution in [3.05, 3.63) is 0 Å². The van der Waals surface area contributed by atoms with Crippen molar-refractivity contribution < 1.29 is 9.59 Å². The van der Waals surface area contributed by atoms with E-state index in [9.17, 15) is 9.59 Å². The summed E-state index contributed by atoms with van der Waals surface area (Å²) in [5.74, 6) is 0.207. The molecule has 2 fully saturated rings. The molecule has 2 amide bonds. The first-order valence-corrected chi connectivity index (χ1v) is 6.91. The summed E-state index contributed by atoms with van der Waals surface area (Å²) in [7, 11) is 5.51. The van der Waals surface area contributed by atoms with Gasteiger partial charge in [-0.1, -0.05) is 0 Å². The second-order valence-corrected chi connectivity index (χ2v) is 5.73. The van der Waals surface area contributed by atoms with Gasteiger partial charge in [0, 0.05) is 40.3 Å². The Morgan fingerprint density at radius 3 is 2.58 bits per heavy atom. The Bertz CT molecular complexity index is 359. The fraction of sp³-hybridized carbons (Fsp3) is 0.846. The Labute approximate surface area is 114 Å². The van der Waals surface area contributed by atoms with Crippen molar-refractivity contribution >= 4 is 11.8 Å². The van der Waals surface area contributed by atoms with Gasteiger partial charge in [0.15, 0.2) is 0 Å². The lowest BCUT2D eigenvalue weighted by atomic mass is 10.0. The average Bonchev–Trinajstić information content (AvgIpc) is 2.83. The van der Waals surface area contributed by atoms with E-state index < -0.39 is 0 Å². The maximum atomic E-state index is 12.6. The number of amides is 2. The second-order valence-electron chi connectivity index (χ2n) is 5.73. The molecular weight excluding hydrogens is 244 g/mol. The Morgan fingerprint density at radius 1 is 1.26 bits per heavy atom. The lowest BCUT2D eigenvalue weighted by Crippen LogP contribution is -2.60. The van der Waals surface area contributed by atoms with Gasteiger partial charge in [-0.05, 0) is 20.0 Å². The van der Waals surface area contributed by atoms with E-state index in [1.54, 1.807) is 23.9 Å². The largest absolute Gasteiger partial charge is 0.347 e. The minimum Gasteiger partial charge on any atom is -0.347 e. The van der Waals surface area contributed by atoms with Crippen LogP contribution in [0.5, 0.6) is 0 Å². The quantitative estimate of drug-likeness (QED) is 0.685. The van der Waals surface area contributed by atoms with E-state index in [1.807, 2.05) is 7.05 Å². The van der Waals surface area contributed by atoms with Gasteiger partial charge in [0.2, 0.25) is 11.8 Å². The van der Waals surface area contributed by atoms with E-state index >= 15 is 0 Å². The van der Waals surface area contributed by atoms with Gasteiger partial charge < -0.3 is 20.0 Å². The second kappa shape index (κ2) is 5.88. The fourth-order valence-electron chi connectivity index (χ4n) is 2.86. The van der Waals surface area contributed by atoms with Crippen LogP contribution in [-0.4, -0.2) is 86.4 Å². The summed E-state index contributed by atoms with van der Waals surface area (Å²) in [6, 6.07) is -0.345. The number of piperazine rings is 1. The predicted molar refractivity (Wildman–Crippen MR) is 72.7 cm³/mol. The molecule has 108 valence electrons. The molecule has 19 heavy (non-hydrogen) atoms.